The minimum atomic E-state index is 0.0509. The van der Waals surface area contributed by atoms with E-state index in [0.717, 1.165) is 8.79 Å². The first-order valence-corrected chi connectivity index (χ1v) is 6.29. The van der Waals surface area contributed by atoms with Gasteiger partial charge < -0.3 is 10.6 Å². The van der Waals surface area contributed by atoms with Crippen LogP contribution in [0.15, 0.2) is 9.98 Å². The molecule has 0 bridgehead atoms. The molecule has 0 aliphatic rings. The van der Waals surface area contributed by atoms with Crippen LogP contribution >= 0.6 is 27.3 Å². The molecule has 4 nitrogen and oxygen atoms in total. The molecule has 1 atom stereocenters. The van der Waals surface area contributed by atoms with E-state index in [2.05, 4.69) is 31.5 Å². The van der Waals surface area contributed by atoms with Gasteiger partial charge in [0.05, 0.1) is 16.0 Å². The molecular weight excluding hydrogens is 278 g/mol. The topological polar surface area (TPSA) is 54.0 Å². The Kier molecular flexibility index (Phi) is 5.21. The zero-order valence-corrected chi connectivity index (χ0v) is 11.1. The SMILES string of the molecule is CNC(=O)CCNC(C)c1ncc(Br)s1. The number of thiazole rings is 1. The monoisotopic (exact) mass is 291 g/mol. The molecule has 0 aliphatic heterocycles. The van der Waals surface area contributed by atoms with Crippen molar-refractivity contribution in [3.05, 3.63) is 15.0 Å². The van der Waals surface area contributed by atoms with E-state index in [9.17, 15) is 4.79 Å². The second-order valence-electron chi connectivity index (χ2n) is 3.10. The van der Waals surface area contributed by atoms with Gasteiger partial charge in [0.2, 0.25) is 5.91 Å². The van der Waals surface area contributed by atoms with Crippen LogP contribution in [0, 0.1) is 0 Å². The molecule has 1 aromatic rings. The predicted molar refractivity (Wildman–Crippen MR) is 64.9 cm³/mol. The van der Waals surface area contributed by atoms with Crippen molar-refractivity contribution in [2.75, 3.05) is 13.6 Å². The van der Waals surface area contributed by atoms with E-state index >= 15 is 0 Å². The Balaban J connectivity index is 2.30. The Labute approximate surface area is 102 Å². The number of nitrogens with zero attached hydrogens (tertiary/aromatic N) is 1. The molecule has 1 rings (SSSR count). The van der Waals surface area contributed by atoms with Gasteiger partial charge in [-0.2, -0.15) is 0 Å². The van der Waals surface area contributed by atoms with Crippen molar-refractivity contribution in [3.63, 3.8) is 0 Å². The predicted octanol–water partition coefficient (Wildman–Crippen LogP) is 1.69. The Morgan fingerprint density at radius 1 is 1.73 bits per heavy atom. The molecule has 0 radical (unpaired) electrons. The zero-order valence-electron chi connectivity index (χ0n) is 8.71. The molecule has 1 amide bonds. The lowest BCUT2D eigenvalue weighted by atomic mass is 10.3. The maximum Gasteiger partial charge on any atom is 0.221 e. The van der Waals surface area contributed by atoms with Crippen molar-refractivity contribution in [2.24, 2.45) is 0 Å². The first-order valence-electron chi connectivity index (χ1n) is 4.68. The Bertz CT molecular complexity index is 329. The summed E-state index contributed by atoms with van der Waals surface area (Å²) in [4.78, 5) is 15.2. The summed E-state index contributed by atoms with van der Waals surface area (Å²) < 4.78 is 1.03. The van der Waals surface area contributed by atoms with Crippen LogP contribution < -0.4 is 10.6 Å². The summed E-state index contributed by atoms with van der Waals surface area (Å²) in [5.74, 6) is 0.0509. The van der Waals surface area contributed by atoms with Crippen LogP contribution in [-0.2, 0) is 4.79 Å². The van der Waals surface area contributed by atoms with Gasteiger partial charge in [-0.05, 0) is 22.9 Å². The van der Waals surface area contributed by atoms with E-state index in [1.807, 2.05) is 6.92 Å². The molecule has 0 saturated heterocycles. The summed E-state index contributed by atoms with van der Waals surface area (Å²) in [6.45, 7) is 2.70. The molecule has 0 spiro atoms. The number of hydrogen-bond acceptors (Lipinski definition) is 4. The Morgan fingerprint density at radius 3 is 3.00 bits per heavy atom. The highest BCUT2D eigenvalue weighted by atomic mass is 79.9. The van der Waals surface area contributed by atoms with Crippen LogP contribution in [0.3, 0.4) is 0 Å². The van der Waals surface area contributed by atoms with Crippen molar-refractivity contribution in [3.8, 4) is 0 Å². The molecule has 15 heavy (non-hydrogen) atoms. The van der Waals surface area contributed by atoms with Crippen molar-refractivity contribution in [1.82, 2.24) is 15.6 Å². The van der Waals surface area contributed by atoms with E-state index in [-0.39, 0.29) is 11.9 Å². The van der Waals surface area contributed by atoms with Crippen molar-refractivity contribution in [1.29, 1.82) is 0 Å². The van der Waals surface area contributed by atoms with Crippen LogP contribution in [0.2, 0.25) is 0 Å². The minimum Gasteiger partial charge on any atom is -0.359 e. The van der Waals surface area contributed by atoms with Gasteiger partial charge in [0.25, 0.3) is 0 Å². The first kappa shape index (κ1) is 12.6. The fourth-order valence-corrected chi connectivity index (χ4v) is 2.35. The Morgan fingerprint density at radius 2 is 2.47 bits per heavy atom. The molecule has 2 N–H and O–H groups in total. The van der Waals surface area contributed by atoms with Gasteiger partial charge in [-0.1, -0.05) is 0 Å². The molecule has 1 heterocycles. The van der Waals surface area contributed by atoms with Crippen LogP contribution in [0.25, 0.3) is 0 Å². The van der Waals surface area contributed by atoms with Gasteiger partial charge in [0.15, 0.2) is 0 Å². The highest BCUT2D eigenvalue weighted by molar-refractivity contribution is 9.11. The van der Waals surface area contributed by atoms with Gasteiger partial charge in [-0.3, -0.25) is 4.79 Å². The Hall–Kier alpha value is -0.460. The maximum atomic E-state index is 11.0. The van der Waals surface area contributed by atoms with Crippen LogP contribution in [-0.4, -0.2) is 24.5 Å². The highest BCUT2D eigenvalue weighted by Gasteiger charge is 2.09. The van der Waals surface area contributed by atoms with Gasteiger partial charge in [-0.25, -0.2) is 4.98 Å². The fraction of sp³-hybridized carbons (Fsp3) is 0.556. The summed E-state index contributed by atoms with van der Waals surface area (Å²) in [7, 11) is 1.64. The standard InChI is InChI=1S/C9H14BrN3OS/c1-6(9-13-5-7(10)15-9)12-4-3-8(14)11-2/h5-6,12H,3-4H2,1-2H3,(H,11,14). The van der Waals surface area contributed by atoms with Gasteiger partial charge in [0.1, 0.15) is 5.01 Å². The highest BCUT2D eigenvalue weighted by Crippen LogP contribution is 2.23. The molecule has 1 aromatic heterocycles. The van der Waals surface area contributed by atoms with Crippen molar-refractivity contribution in [2.45, 2.75) is 19.4 Å². The fourth-order valence-electron chi connectivity index (χ4n) is 1.08. The summed E-state index contributed by atoms with van der Waals surface area (Å²) in [6, 6.07) is 0.186. The van der Waals surface area contributed by atoms with E-state index in [1.165, 1.54) is 0 Å². The normalized spacial score (nSPS) is 12.5. The number of halogens is 1. The first-order chi connectivity index (χ1) is 7.13. The van der Waals surface area contributed by atoms with E-state index < -0.39 is 0 Å². The van der Waals surface area contributed by atoms with E-state index in [4.69, 9.17) is 0 Å². The lowest BCUT2D eigenvalue weighted by Crippen LogP contribution is -2.26. The molecular formula is C9H14BrN3OS. The summed E-state index contributed by atoms with van der Waals surface area (Å²) in [5, 5.41) is 6.85. The zero-order chi connectivity index (χ0) is 11.3. The molecule has 0 fully saturated rings. The number of rotatable bonds is 5. The smallest absolute Gasteiger partial charge is 0.221 e. The largest absolute Gasteiger partial charge is 0.359 e. The van der Waals surface area contributed by atoms with Gasteiger partial charge in [-0.15, -0.1) is 11.3 Å². The third-order valence-corrected chi connectivity index (χ3v) is 3.61. The van der Waals surface area contributed by atoms with Crippen molar-refractivity contribution < 1.29 is 4.79 Å². The number of amides is 1. The number of hydrogen-bond donors (Lipinski definition) is 2. The molecule has 84 valence electrons. The summed E-state index contributed by atoms with van der Waals surface area (Å²) in [5.41, 5.74) is 0. The third-order valence-electron chi connectivity index (χ3n) is 1.95. The van der Waals surface area contributed by atoms with Crippen LogP contribution in [0.4, 0.5) is 0 Å². The van der Waals surface area contributed by atoms with Crippen molar-refractivity contribution >= 4 is 33.2 Å². The molecule has 0 saturated carbocycles. The number of nitrogens with one attached hydrogen (secondary N) is 2. The quantitative estimate of drug-likeness (QED) is 0.868. The average Bonchev–Trinajstić information content (AvgIpc) is 2.64. The number of carbonyl (C=O) groups excluding carboxylic acids is 1. The van der Waals surface area contributed by atoms with Gasteiger partial charge in [0, 0.05) is 20.0 Å². The summed E-state index contributed by atoms with van der Waals surface area (Å²) >= 11 is 4.97. The number of carbonyl (C=O) groups is 1. The van der Waals surface area contributed by atoms with Gasteiger partial charge >= 0.3 is 0 Å². The maximum absolute atomic E-state index is 11.0. The molecule has 1 unspecified atom stereocenters. The average molecular weight is 292 g/mol. The second kappa shape index (κ2) is 6.19. The molecule has 0 aliphatic carbocycles. The second-order valence-corrected chi connectivity index (χ2v) is 5.54. The van der Waals surface area contributed by atoms with Crippen LogP contribution in [0.5, 0.6) is 0 Å². The lowest BCUT2D eigenvalue weighted by molar-refractivity contribution is -0.120. The van der Waals surface area contributed by atoms with Crippen LogP contribution in [0.1, 0.15) is 24.4 Å². The molecule has 6 heteroatoms. The molecule has 0 aromatic carbocycles. The van der Waals surface area contributed by atoms with E-state index in [1.54, 1.807) is 24.6 Å². The number of aromatic nitrogens is 1. The third kappa shape index (κ3) is 4.27. The lowest BCUT2D eigenvalue weighted by Gasteiger charge is -2.09. The van der Waals surface area contributed by atoms with E-state index in [0.29, 0.717) is 13.0 Å². The minimum absolute atomic E-state index is 0.0509. The summed E-state index contributed by atoms with van der Waals surface area (Å²) in [6.07, 6.45) is 2.28.